The number of oxazole rings is 1. The minimum atomic E-state index is -3.14. The van der Waals surface area contributed by atoms with Crippen LogP contribution in [0.15, 0.2) is 28.7 Å². The molecule has 86 valence electrons. The van der Waals surface area contributed by atoms with Crippen molar-refractivity contribution in [2.75, 3.05) is 12.8 Å². The number of aromatic nitrogens is 1. The number of sulfonamides is 1. The molecule has 5 nitrogen and oxygen atoms in total. The van der Waals surface area contributed by atoms with Crippen LogP contribution in [0.25, 0.3) is 11.1 Å². The zero-order valence-electron chi connectivity index (χ0n) is 8.80. The van der Waals surface area contributed by atoms with Crippen LogP contribution in [0.2, 0.25) is 0 Å². The van der Waals surface area contributed by atoms with Crippen LogP contribution >= 0.6 is 0 Å². The Morgan fingerprint density at radius 1 is 1.38 bits per heavy atom. The molecule has 0 aliphatic heterocycles. The molecular formula is C10H12N2O3S. The molecule has 1 heterocycles. The van der Waals surface area contributed by atoms with Gasteiger partial charge in [0.15, 0.2) is 11.5 Å². The van der Waals surface area contributed by atoms with Crippen molar-refractivity contribution in [2.24, 2.45) is 0 Å². The summed E-state index contributed by atoms with van der Waals surface area (Å²) in [5, 5.41) is 0. The van der Waals surface area contributed by atoms with Crippen LogP contribution in [0.4, 0.5) is 0 Å². The third kappa shape index (κ3) is 2.80. The van der Waals surface area contributed by atoms with Gasteiger partial charge in [0.2, 0.25) is 10.0 Å². The van der Waals surface area contributed by atoms with Crippen LogP contribution < -0.4 is 4.72 Å². The van der Waals surface area contributed by atoms with Crippen molar-refractivity contribution in [3.63, 3.8) is 0 Å². The fourth-order valence-corrected chi connectivity index (χ4v) is 1.84. The highest BCUT2D eigenvalue weighted by Crippen LogP contribution is 2.14. The second-order valence-corrected chi connectivity index (χ2v) is 5.32. The van der Waals surface area contributed by atoms with E-state index >= 15 is 0 Å². The van der Waals surface area contributed by atoms with Gasteiger partial charge in [0.1, 0.15) is 5.52 Å². The summed E-state index contributed by atoms with van der Waals surface area (Å²) in [5.74, 6) is 0.539. The molecule has 0 saturated carbocycles. The van der Waals surface area contributed by atoms with Crippen molar-refractivity contribution in [3.05, 3.63) is 30.2 Å². The first kappa shape index (κ1) is 11.1. The Kier molecular flexibility index (Phi) is 2.93. The lowest BCUT2D eigenvalue weighted by Crippen LogP contribution is -2.24. The Morgan fingerprint density at radius 3 is 2.81 bits per heavy atom. The smallest absolute Gasteiger partial charge is 0.208 e. The van der Waals surface area contributed by atoms with E-state index in [0.717, 1.165) is 17.4 Å². The Hall–Kier alpha value is -1.40. The van der Waals surface area contributed by atoms with Gasteiger partial charge in [-0.25, -0.2) is 18.1 Å². The van der Waals surface area contributed by atoms with Gasteiger partial charge in [0, 0.05) is 13.0 Å². The molecule has 6 heteroatoms. The summed E-state index contributed by atoms with van der Waals surface area (Å²) in [6, 6.07) is 7.43. The molecule has 2 aromatic rings. The number of para-hydroxylation sites is 2. The minimum absolute atomic E-state index is 0.297. The predicted molar refractivity (Wildman–Crippen MR) is 60.6 cm³/mol. The summed E-state index contributed by atoms with van der Waals surface area (Å²) in [6.45, 7) is 0.297. The molecule has 0 atom stereocenters. The third-order valence-corrected chi connectivity index (χ3v) is 2.77. The highest BCUT2D eigenvalue weighted by atomic mass is 32.2. The van der Waals surface area contributed by atoms with Crippen molar-refractivity contribution in [2.45, 2.75) is 6.42 Å². The second kappa shape index (κ2) is 4.23. The highest BCUT2D eigenvalue weighted by molar-refractivity contribution is 7.88. The number of nitrogens with one attached hydrogen (secondary N) is 1. The van der Waals surface area contributed by atoms with Crippen molar-refractivity contribution in [3.8, 4) is 0 Å². The van der Waals surface area contributed by atoms with Crippen LogP contribution in [0.3, 0.4) is 0 Å². The molecule has 1 aromatic heterocycles. The topological polar surface area (TPSA) is 72.2 Å². The lowest BCUT2D eigenvalue weighted by Gasteiger charge is -1.97. The summed E-state index contributed by atoms with van der Waals surface area (Å²) in [4.78, 5) is 4.23. The van der Waals surface area contributed by atoms with Gasteiger partial charge < -0.3 is 4.42 Å². The van der Waals surface area contributed by atoms with E-state index in [1.54, 1.807) is 0 Å². The van der Waals surface area contributed by atoms with Gasteiger partial charge >= 0.3 is 0 Å². The molecule has 0 aliphatic carbocycles. The van der Waals surface area contributed by atoms with Crippen LogP contribution in [-0.2, 0) is 16.4 Å². The SMILES string of the molecule is CS(=O)(=O)NCCc1nc2ccccc2o1. The summed E-state index contributed by atoms with van der Waals surface area (Å²) in [7, 11) is -3.14. The maximum atomic E-state index is 10.8. The Morgan fingerprint density at radius 2 is 2.12 bits per heavy atom. The number of benzene rings is 1. The highest BCUT2D eigenvalue weighted by Gasteiger charge is 2.06. The molecule has 0 spiro atoms. The summed E-state index contributed by atoms with van der Waals surface area (Å²) >= 11 is 0. The van der Waals surface area contributed by atoms with E-state index in [9.17, 15) is 8.42 Å². The third-order valence-electron chi connectivity index (χ3n) is 2.04. The van der Waals surface area contributed by atoms with Gasteiger partial charge in [0.25, 0.3) is 0 Å². The summed E-state index contributed by atoms with van der Waals surface area (Å²) in [6.07, 6.45) is 1.57. The number of hydrogen-bond acceptors (Lipinski definition) is 4. The second-order valence-electron chi connectivity index (χ2n) is 3.49. The fourth-order valence-electron chi connectivity index (χ4n) is 1.37. The van der Waals surface area contributed by atoms with E-state index in [2.05, 4.69) is 9.71 Å². The van der Waals surface area contributed by atoms with E-state index in [-0.39, 0.29) is 0 Å². The van der Waals surface area contributed by atoms with Crippen molar-refractivity contribution >= 4 is 21.1 Å². The molecule has 0 unspecified atom stereocenters. The number of hydrogen-bond donors (Lipinski definition) is 1. The van der Waals surface area contributed by atoms with Gasteiger partial charge in [-0.3, -0.25) is 0 Å². The zero-order chi connectivity index (χ0) is 11.6. The Balaban J connectivity index is 2.05. The average molecular weight is 240 g/mol. The Labute approximate surface area is 93.5 Å². The van der Waals surface area contributed by atoms with Crippen molar-refractivity contribution < 1.29 is 12.8 Å². The largest absolute Gasteiger partial charge is 0.441 e. The summed E-state index contributed by atoms with van der Waals surface area (Å²) in [5.41, 5.74) is 1.51. The maximum absolute atomic E-state index is 10.8. The first-order chi connectivity index (χ1) is 7.54. The fraction of sp³-hybridized carbons (Fsp3) is 0.300. The monoisotopic (exact) mass is 240 g/mol. The van der Waals surface area contributed by atoms with Gasteiger partial charge in [0.05, 0.1) is 6.26 Å². The average Bonchev–Trinajstić information content (AvgIpc) is 2.57. The maximum Gasteiger partial charge on any atom is 0.208 e. The van der Waals surface area contributed by atoms with Crippen LogP contribution in [-0.4, -0.2) is 26.2 Å². The van der Waals surface area contributed by atoms with Crippen molar-refractivity contribution in [1.29, 1.82) is 0 Å². The minimum Gasteiger partial charge on any atom is -0.441 e. The number of rotatable bonds is 4. The number of nitrogens with zero attached hydrogens (tertiary/aromatic N) is 1. The molecular weight excluding hydrogens is 228 g/mol. The van der Waals surface area contributed by atoms with Crippen LogP contribution in [0, 0.1) is 0 Å². The van der Waals surface area contributed by atoms with Gasteiger partial charge in [-0.2, -0.15) is 0 Å². The molecule has 0 radical (unpaired) electrons. The van der Waals surface area contributed by atoms with Gasteiger partial charge in [-0.1, -0.05) is 12.1 Å². The molecule has 16 heavy (non-hydrogen) atoms. The quantitative estimate of drug-likeness (QED) is 0.862. The summed E-state index contributed by atoms with van der Waals surface area (Å²) < 4.78 is 29.5. The molecule has 1 N–H and O–H groups in total. The lowest BCUT2D eigenvalue weighted by atomic mass is 10.3. The van der Waals surface area contributed by atoms with Crippen LogP contribution in [0.1, 0.15) is 5.89 Å². The van der Waals surface area contributed by atoms with Crippen LogP contribution in [0.5, 0.6) is 0 Å². The Bertz CT molecular complexity index is 556. The molecule has 1 aromatic carbocycles. The molecule has 2 rings (SSSR count). The van der Waals surface area contributed by atoms with E-state index in [1.165, 1.54) is 0 Å². The number of fused-ring (bicyclic) bond motifs is 1. The molecule has 0 saturated heterocycles. The van der Waals surface area contributed by atoms with E-state index in [4.69, 9.17) is 4.42 Å². The lowest BCUT2D eigenvalue weighted by molar-refractivity contribution is 0.524. The van der Waals surface area contributed by atoms with E-state index in [0.29, 0.717) is 18.9 Å². The first-order valence-corrected chi connectivity index (χ1v) is 6.73. The standard InChI is InChI=1S/C10H12N2O3S/c1-16(13,14)11-7-6-10-12-8-4-2-3-5-9(8)15-10/h2-5,11H,6-7H2,1H3. The first-order valence-electron chi connectivity index (χ1n) is 4.84. The molecule has 0 bridgehead atoms. The van der Waals surface area contributed by atoms with Gasteiger partial charge in [-0.15, -0.1) is 0 Å². The normalized spacial score (nSPS) is 12.1. The molecule has 0 fully saturated rings. The molecule has 0 amide bonds. The van der Waals surface area contributed by atoms with Gasteiger partial charge in [-0.05, 0) is 12.1 Å². The van der Waals surface area contributed by atoms with E-state index < -0.39 is 10.0 Å². The predicted octanol–water partition coefficient (Wildman–Crippen LogP) is 0.919. The molecule has 0 aliphatic rings. The van der Waals surface area contributed by atoms with E-state index in [1.807, 2.05) is 24.3 Å². The van der Waals surface area contributed by atoms with Crippen molar-refractivity contribution in [1.82, 2.24) is 9.71 Å². The zero-order valence-corrected chi connectivity index (χ0v) is 9.62.